The van der Waals surface area contributed by atoms with Crippen LogP contribution in [0.3, 0.4) is 0 Å². The molecule has 1 unspecified atom stereocenters. The Balaban J connectivity index is 2.21. The van der Waals surface area contributed by atoms with Crippen molar-refractivity contribution >= 4 is 26.0 Å². The van der Waals surface area contributed by atoms with Gasteiger partial charge in [-0.05, 0) is 52.4 Å². The fourth-order valence-corrected chi connectivity index (χ4v) is 4.33. The van der Waals surface area contributed by atoms with Gasteiger partial charge in [-0.3, -0.25) is 0 Å². The van der Waals surface area contributed by atoms with Crippen LogP contribution in [0.4, 0.5) is 0 Å². The van der Waals surface area contributed by atoms with E-state index in [1.165, 1.54) is 6.07 Å². The third kappa shape index (κ3) is 3.59. The largest absolute Gasteiger partial charge is 0.392 e. The number of ether oxygens (including phenoxy) is 1. The first-order valence-electron chi connectivity index (χ1n) is 6.41. The van der Waals surface area contributed by atoms with Gasteiger partial charge < -0.3 is 9.84 Å². The van der Waals surface area contributed by atoms with Gasteiger partial charge in [0.1, 0.15) is 0 Å². The minimum absolute atomic E-state index is 0.167. The molecule has 1 heterocycles. The van der Waals surface area contributed by atoms with Crippen LogP contribution < -0.4 is 4.72 Å². The maximum atomic E-state index is 12.4. The van der Waals surface area contributed by atoms with Crippen molar-refractivity contribution < 1.29 is 18.3 Å². The summed E-state index contributed by atoms with van der Waals surface area (Å²) in [5.41, 5.74) is 1.36. The number of halogens is 1. The molecule has 1 saturated heterocycles. The highest BCUT2D eigenvalue weighted by atomic mass is 79.9. The average molecular weight is 364 g/mol. The van der Waals surface area contributed by atoms with Crippen LogP contribution in [0.15, 0.2) is 21.5 Å². The van der Waals surface area contributed by atoms with Crippen molar-refractivity contribution in [2.45, 2.75) is 24.8 Å². The fourth-order valence-electron chi connectivity index (χ4n) is 2.15. The first-order valence-corrected chi connectivity index (χ1v) is 8.69. The minimum atomic E-state index is -3.60. The number of aryl methyl sites for hydroxylation is 1. The molecule has 0 spiro atoms. The predicted octanol–water partition coefficient (Wildman–Crippen LogP) is 1.56. The topological polar surface area (TPSA) is 75.6 Å². The first-order chi connectivity index (χ1) is 9.44. The molecule has 1 aliphatic rings. The predicted molar refractivity (Wildman–Crippen MR) is 78.9 cm³/mol. The zero-order valence-electron chi connectivity index (χ0n) is 11.2. The molecular weight excluding hydrogens is 346 g/mol. The van der Waals surface area contributed by atoms with E-state index >= 15 is 0 Å². The smallest absolute Gasteiger partial charge is 0.241 e. The maximum absolute atomic E-state index is 12.4. The van der Waals surface area contributed by atoms with Gasteiger partial charge in [0.15, 0.2) is 0 Å². The average Bonchev–Trinajstić information content (AvgIpc) is 2.92. The number of rotatable bonds is 5. The summed E-state index contributed by atoms with van der Waals surface area (Å²) in [4.78, 5) is 0.167. The Morgan fingerprint density at radius 1 is 1.50 bits per heavy atom. The van der Waals surface area contributed by atoms with Gasteiger partial charge in [-0.1, -0.05) is 6.07 Å². The standard InChI is InChI=1S/C13H18BrNO4S/c1-9-4-11(7-16)5-12(13(9)14)20(17,18)15-6-10-2-3-19-8-10/h4-5,10,15-16H,2-3,6-8H2,1H3. The van der Waals surface area contributed by atoms with E-state index < -0.39 is 10.0 Å². The molecule has 0 saturated carbocycles. The molecule has 2 rings (SSSR count). The van der Waals surface area contributed by atoms with Crippen LogP contribution in [0.5, 0.6) is 0 Å². The highest BCUT2D eigenvalue weighted by Crippen LogP contribution is 2.27. The Morgan fingerprint density at radius 3 is 2.85 bits per heavy atom. The van der Waals surface area contributed by atoms with Gasteiger partial charge in [0.2, 0.25) is 10.0 Å². The zero-order chi connectivity index (χ0) is 14.8. The second kappa shape index (κ2) is 6.53. The summed E-state index contributed by atoms with van der Waals surface area (Å²) in [6, 6.07) is 3.25. The van der Waals surface area contributed by atoms with E-state index in [0.29, 0.717) is 29.8 Å². The van der Waals surface area contributed by atoms with E-state index in [9.17, 15) is 13.5 Å². The molecule has 0 aromatic heterocycles. The van der Waals surface area contributed by atoms with E-state index in [4.69, 9.17) is 4.74 Å². The molecular formula is C13H18BrNO4S. The van der Waals surface area contributed by atoms with E-state index in [0.717, 1.165) is 12.0 Å². The molecule has 1 aromatic carbocycles. The van der Waals surface area contributed by atoms with Crippen molar-refractivity contribution in [3.8, 4) is 0 Å². The van der Waals surface area contributed by atoms with Gasteiger partial charge in [-0.2, -0.15) is 0 Å². The molecule has 2 N–H and O–H groups in total. The van der Waals surface area contributed by atoms with Crippen molar-refractivity contribution in [2.24, 2.45) is 5.92 Å². The first kappa shape index (κ1) is 15.9. The summed E-state index contributed by atoms with van der Waals surface area (Å²) in [5.74, 6) is 0.227. The molecule has 5 nitrogen and oxygen atoms in total. The maximum Gasteiger partial charge on any atom is 0.241 e. The van der Waals surface area contributed by atoms with Crippen molar-refractivity contribution in [2.75, 3.05) is 19.8 Å². The van der Waals surface area contributed by atoms with Crippen LogP contribution in [0.2, 0.25) is 0 Å². The number of hydrogen-bond donors (Lipinski definition) is 2. The normalized spacial score (nSPS) is 19.4. The molecule has 112 valence electrons. The lowest BCUT2D eigenvalue weighted by Gasteiger charge is -2.13. The Kier molecular flexibility index (Phi) is 5.19. The number of hydrogen-bond acceptors (Lipinski definition) is 4. The summed E-state index contributed by atoms with van der Waals surface area (Å²) in [5, 5.41) is 9.20. The van der Waals surface area contributed by atoms with Crippen molar-refractivity contribution in [3.63, 3.8) is 0 Å². The van der Waals surface area contributed by atoms with Crippen molar-refractivity contribution in [1.82, 2.24) is 4.72 Å². The van der Waals surface area contributed by atoms with Crippen molar-refractivity contribution in [3.05, 3.63) is 27.7 Å². The number of aliphatic hydroxyl groups excluding tert-OH is 1. The highest BCUT2D eigenvalue weighted by molar-refractivity contribution is 9.10. The Labute approximate surface area is 127 Å². The quantitative estimate of drug-likeness (QED) is 0.832. The molecule has 0 radical (unpaired) electrons. The van der Waals surface area contributed by atoms with E-state index in [2.05, 4.69) is 20.7 Å². The lowest BCUT2D eigenvalue weighted by atomic mass is 10.1. The van der Waals surface area contributed by atoms with Crippen LogP contribution in [0.25, 0.3) is 0 Å². The monoisotopic (exact) mass is 363 g/mol. The lowest BCUT2D eigenvalue weighted by molar-refractivity contribution is 0.186. The van der Waals surface area contributed by atoms with Gasteiger partial charge in [0.25, 0.3) is 0 Å². The van der Waals surface area contributed by atoms with Gasteiger partial charge >= 0.3 is 0 Å². The number of sulfonamides is 1. The molecule has 0 bridgehead atoms. The number of nitrogens with one attached hydrogen (secondary N) is 1. The van der Waals surface area contributed by atoms with Crippen LogP contribution in [-0.4, -0.2) is 33.3 Å². The second-order valence-electron chi connectivity index (χ2n) is 4.96. The van der Waals surface area contributed by atoms with Crippen LogP contribution in [0.1, 0.15) is 17.5 Å². The third-order valence-electron chi connectivity index (χ3n) is 3.34. The lowest BCUT2D eigenvalue weighted by Crippen LogP contribution is -2.30. The Bertz CT molecular complexity index is 582. The number of benzene rings is 1. The summed E-state index contributed by atoms with van der Waals surface area (Å²) in [7, 11) is -3.60. The molecule has 1 aromatic rings. The summed E-state index contributed by atoms with van der Waals surface area (Å²) < 4.78 is 33.1. The molecule has 1 atom stereocenters. The summed E-state index contributed by atoms with van der Waals surface area (Å²) >= 11 is 3.31. The van der Waals surface area contributed by atoms with E-state index in [1.54, 1.807) is 13.0 Å². The summed E-state index contributed by atoms with van der Waals surface area (Å²) in [6.45, 7) is 3.27. The summed E-state index contributed by atoms with van der Waals surface area (Å²) in [6.07, 6.45) is 0.874. The molecule has 0 amide bonds. The molecule has 1 fully saturated rings. The number of aliphatic hydroxyl groups is 1. The Hall–Kier alpha value is -0.470. The van der Waals surface area contributed by atoms with E-state index in [-0.39, 0.29) is 17.4 Å². The van der Waals surface area contributed by atoms with Gasteiger partial charge in [0, 0.05) is 17.6 Å². The zero-order valence-corrected chi connectivity index (χ0v) is 13.6. The van der Waals surface area contributed by atoms with Gasteiger partial charge in [-0.15, -0.1) is 0 Å². The SMILES string of the molecule is Cc1cc(CO)cc(S(=O)(=O)NCC2CCOC2)c1Br. The molecule has 20 heavy (non-hydrogen) atoms. The molecule has 1 aliphatic heterocycles. The molecule has 7 heteroatoms. The minimum Gasteiger partial charge on any atom is -0.392 e. The van der Waals surface area contributed by atoms with Crippen LogP contribution in [-0.2, 0) is 21.4 Å². The van der Waals surface area contributed by atoms with E-state index in [1.807, 2.05) is 0 Å². The Morgan fingerprint density at radius 2 is 2.25 bits per heavy atom. The van der Waals surface area contributed by atoms with Gasteiger partial charge in [-0.25, -0.2) is 13.1 Å². The van der Waals surface area contributed by atoms with Crippen molar-refractivity contribution in [1.29, 1.82) is 0 Å². The van der Waals surface area contributed by atoms with Crippen LogP contribution >= 0.6 is 15.9 Å². The fraction of sp³-hybridized carbons (Fsp3) is 0.538. The second-order valence-corrected chi connectivity index (χ2v) is 7.49. The third-order valence-corrected chi connectivity index (χ3v) is 6.10. The van der Waals surface area contributed by atoms with Gasteiger partial charge in [0.05, 0.1) is 18.1 Å². The highest BCUT2D eigenvalue weighted by Gasteiger charge is 2.23. The molecule has 0 aliphatic carbocycles. The van der Waals surface area contributed by atoms with Crippen LogP contribution in [0, 0.1) is 12.8 Å².